The van der Waals surface area contributed by atoms with E-state index in [0.29, 0.717) is 29.0 Å². The number of benzene rings is 2. The summed E-state index contributed by atoms with van der Waals surface area (Å²) in [6, 6.07) is 18.5. The Bertz CT molecular complexity index is 1400. The summed E-state index contributed by atoms with van der Waals surface area (Å²) in [5, 5.41) is 1.50. The third-order valence-corrected chi connectivity index (χ3v) is 9.48. The standard InChI is InChI=1S/C30H30ClIN2O2S/c1-3-36-25-14-10-20(21-11-15-27(32)33-17-21)16-22(25)18-34(23-12-8-19(2)9-13-23)30(35)29-28(31)24-6-4-5-7-26(24)37-29/h4-7,10-11,14-17,19,23H,3,8-9,12-13,18H2,1-2H3/t19-,23-. The van der Waals surface area contributed by atoms with Crippen molar-refractivity contribution < 1.29 is 9.53 Å². The molecule has 1 aliphatic carbocycles. The zero-order valence-electron chi connectivity index (χ0n) is 21.0. The molecule has 0 atom stereocenters. The molecule has 0 radical (unpaired) electrons. The zero-order valence-corrected chi connectivity index (χ0v) is 24.8. The lowest BCUT2D eigenvalue weighted by atomic mass is 9.86. The van der Waals surface area contributed by atoms with Gasteiger partial charge in [-0.15, -0.1) is 11.3 Å². The smallest absolute Gasteiger partial charge is 0.266 e. The molecule has 1 amide bonds. The molecule has 192 valence electrons. The van der Waals surface area contributed by atoms with E-state index in [2.05, 4.69) is 57.6 Å². The zero-order chi connectivity index (χ0) is 25.9. The number of thiophene rings is 1. The van der Waals surface area contributed by atoms with Crippen LogP contribution in [0.5, 0.6) is 5.75 Å². The molecule has 0 N–H and O–H groups in total. The molecule has 2 aromatic heterocycles. The lowest BCUT2D eigenvalue weighted by Gasteiger charge is -2.36. The summed E-state index contributed by atoms with van der Waals surface area (Å²) in [6.45, 7) is 5.33. The number of rotatable bonds is 7. The number of carbonyl (C=O) groups excluding carboxylic acids is 1. The van der Waals surface area contributed by atoms with Gasteiger partial charge in [0.25, 0.3) is 5.91 Å². The van der Waals surface area contributed by atoms with E-state index < -0.39 is 0 Å². The van der Waals surface area contributed by atoms with Gasteiger partial charge in [-0.3, -0.25) is 4.79 Å². The molecule has 4 nitrogen and oxygen atoms in total. The first-order valence-corrected chi connectivity index (χ1v) is 15.1. The van der Waals surface area contributed by atoms with E-state index in [0.717, 1.165) is 61.9 Å². The van der Waals surface area contributed by atoms with Crippen LogP contribution in [0.4, 0.5) is 0 Å². The molecule has 4 aromatic rings. The number of aromatic nitrogens is 1. The van der Waals surface area contributed by atoms with Crippen molar-refractivity contribution in [3.8, 4) is 16.9 Å². The van der Waals surface area contributed by atoms with E-state index in [9.17, 15) is 4.79 Å². The number of hydrogen-bond acceptors (Lipinski definition) is 4. The number of carbonyl (C=O) groups is 1. The Hall–Kier alpha value is -2.16. The minimum absolute atomic E-state index is 0.00883. The van der Waals surface area contributed by atoms with Crippen molar-refractivity contribution in [2.24, 2.45) is 5.92 Å². The predicted molar refractivity (Wildman–Crippen MR) is 162 cm³/mol. The molecule has 0 aliphatic heterocycles. The topological polar surface area (TPSA) is 42.4 Å². The molecular formula is C30H30ClIN2O2S. The second kappa shape index (κ2) is 11.7. The highest BCUT2D eigenvalue weighted by Gasteiger charge is 2.31. The number of fused-ring (bicyclic) bond motifs is 1. The molecular weight excluding hydrogens is 615 g/mol. The maximum absolute atomic E-state index is 14.2. The van der Waals surface area contributed by atoms with Gasteiger partial charge in [0.2, 0.25) is 0 Å². The number of pyridine rings is 1. The molecule has 0 bridgehead atoms. The Labute approximate surface area is 241 Å². The molecule has 2 heterocycles. The van der Waals surface area contributed by atoms with Crippen LogP contribution in [0, 0.1) is 9.62 Å². The van der Waals surface area contributed by atoms with E-state index >= 15 is 0 Å². The van der Waals surface area contributed by atoms with E-state index in [4.69, 9.17) is 16.3 Å². The van der Waals surface area contributed by atoms with E-state index in [-0.39, 0.29) is 11.9 Å². The first-order valence-electron chi connectivity index (χ1n) is 12.8. The average Bonchev–Trinajstić information content (AvgIpc) is 3.25. The molecule has 1 saturated carbocycles. The van der Waals surface area contributed by atoms with Crippen molar-refractivity contribution in [3.05, 3.63) is 80.0 Å². The van der Waals surface area contributed by atoms with Crippen molar-refractivity contribution in [1.29, 1.82) is 0 Å². The summed E-state index contributed by atoms with van der Waals surface area (Å²) in [6.07, 6.45) is 6.15. The second-order valence-electron chi connectivity index (χ2n) is 9.71. The van der Waals surface area contributed by atoms with Crippen LogP contribution in [0.1, 0.15) is 54.8 Å². The minimum Gasteiger partial charge on any atom is -0.494 e. The van der Waals surface area contributed by atoms with Gasteiger partial charge in [0.05, 0.1) is 11.6 Å². The fourth-order valence-corrected chi connectivity index (χ4v) is 6.90. The molecule has 1 aliphatic rings. The third kappa shape index (κ3) is 5.81. The fraction of sp³-hybridized carbons (Fsp3) is 0.333. The Morgan fingerprint density at radius 3 is 2.57 bits per heavy atom. The van der Waals surface area contributed by atoms with E-state index in [1.54, 1.807) is 0 Å². The number of ether oxygens (including phenoxy) is 1. The van der Waals surface area contributed by atoms with Gasteiger partial charge in [-0.25, -0.2) is 4.98 Å². The molecule has 0 saturated heterocycles. The molecule has 37 heavy (non-hydrogen) atoms. The lowest BCUT2D eigenvalue weighted by molar-refractivity contribution is 0.0596. The van der Waals surface area contributed by atoms with E-state index in [1.165, 1.54) is 11.3 Å². The van der Waals surface area contributed by atoms with Crippen molar-refractivity contribution in [2.75, 3.05) is 6.61 Å². The van der Waals surface area contributed by atoms with E-state index in [1.807, 2.05) is 49.5 Å². The highest BCUT2D eigenvalue weighted by Crippen LogP contribution is 2.39. The summed E-state index contributed by atoms with van der Waals surface area (Å²) in [4.78, 5) is 21.3. The summed E-state index contributed by atoms with van der Waals surface area (Å²) in [7, 11) is 0. The summed E-state index contributed by atoms with van der Waals surface area (Å²) in [5.41, 5.74) is 3.11. The van der Waals surface area contributed by atoms with Crippen LogP contribution in [-0.2, 0) is 6.54 Å². The monoisotopic (exact) mass is 644 g/mol. The molecule has 1 fully saturated rings. The van der Waals surface area contributed by atoms with Gasteiger partial charge < -0.3 is 9.64 Å². The van der Waals surface area contributed by atoms with Crippen molar-refractivity contribution in [2.45, 2.75) is 52.1 Å². The first-order chi connectivity index (χ1) is 17.9. The summed E-state index contributed by atoms with van der Waals surface area (Å²) >= 11 is 10.5. The molecule has 7 heteroatoms. The number of amides is 1. The maximum atomic E-state index is 14.2. The SMILES string of the molecule is CCOc1ccc(-c2ccc(I)nc2)cc1CN(C(=O)c1sc2ccccc2c1Cl)[C@H]1CC[C@H](C)CC1. The van der Waals surface area contributed by atoms with Crippen LogP contribution >= 0.6 is 45.5 Å². The Kier molecular flexibility index (Phi) is 8.37. The summed E-state index contributed by atoms with van der Waals surface area (Å²) in [5.74, 6) is 1.51. The van der Waals surface area contributed by atoms with Crippen LogP contribution in [0.15, 0.2) is 60.8 Å². The van der Waals surface area contributed by atoms with Gasteiger partial charge in [-0.1, -0.05) is 48.9 Å². The Morgan fingerprint density at radius 1 is 1.11 bits per heavy atom. The maximum Gasteiger partial charge on any atom is 0.266 e. The quantitative estimate of drug-likeness (QED) is 0.149. The Balaban J connectivity index is 1.54. The van der Waals surface area contributed by atoms with Crippen molar-refractivity contribution in [3.63, 3.8) is 0 Å². The van der Waals surface area contributed by atoms with Gasteiger partial charge >= 0.3 is 0 Å². The van der Waals surface area contributed by atoms with Crippen LogP contribution in [-0.4, -0.2) is 28.4 Å². The first kappa shape index (κ1) is 26.4. The molecule has 5 rings (SSSR count). The van der Waals surface area contributed by atoms with Crippen molar-refractivity contribution >= 4 is 61.5 Å². The number of halogens is 2. The highest BCUT2D eigenvalue weighted by atomic mass is 127. The van der Waals surface area contributed by atoms with Crippen LogP contribution in [0.2, 0.25) is 5.02 Å². The highest BCUT2D eigenvalue weighted by molar-refractivity contribution is 14.1. The van der Waals surface area contributed by atoms with Crippen LogP contribution in [0.3, 0.4) is 0 Å². The second-order valence-corrected chi connectivity index (χ2v) is 12.2. The number of hydrogen-bond donors (Lipinski definition) is 0. The number of nitrogens with zero attached hydrogens (tertiary/aromatic N) is 2. The molecule has 0 spiro atoms. The van der Waals surface area contributed by atoms with Gasteiger partial charge in [-0.2, -0.15) is 0 Å². The fourth-order valence-electron chi connectivity index (χ4n) is 5.11. The Morgan fingerprint density at radius 2 is 1.86 bits per heavy atom. The average molecular weight is 645 g/mol. The van der Waals surface area contributed by atoms with Gasteiger partial charge in [0.15, 0.2) is 0 Å². The third-order valence-electron chi connectivity index (χ3n) is 7.18. The summed E-state index contributed by atoms with van der Waals surface area (Å²) < 4.78 is 8.02. The normalized spacial score (nSPS) is 17.6. The van der Waals surface area contributed by atoms with Gasteiger partial charge in [0, 0.05) is 40.0 Å². The predicted octanol–water partition coefficient (Wildman–Crippen LogP) is 8.84. The minimum atomic E-state index is 0.00883. The lowest BCUT2D eigenvalue weighted by Crippen LogP contribution is -2.41. The van der Waals surface area contributed by atoms with Crippen LogP contribution < -0.4 is 4.74 Å². The molecule has 0 unspecified atom stereocenters. The molecule has 2 aromatic carbocycles. The van der Waals surface area contributed by atoms with Gasteiger partial charge in [-0.05, 0) is 90.9 Å². The van der Waals surface area contributed by atoms with Gasteiger partial charge in [0.1, 0.15) is 14.3 Å². The van der Waals surface area contributed by atoms with Crippen LogP contribution in [0.25, 0.3) is 21.2 Å². The largest absolute Gasteiger partial charge is 0.494 e. The van der Waals surface area contributed by atoms with Crippen molar-refractivity contribution in [1.82, 2.24) is 9.88 Å².